The highest BCUT2D eigenvalue weighted by atomic mass is 16.7. The Morgan fingerprint density at radius 1 is 0.731 bits per heavy atom. The van der Waals surface area contributed by atoms with Gasteiger partial charge in [-0.15, -0.1) is 0 Å². The van der Waals surface area contributed by atoms with Crippen molar-refractivity contribution in [1.82, 2.24) is 9.35 Å². The molecular formula is C44H42N2O6. The minimum atomic E-state index is -1.16. The maximum absolute atomic E-state index is 12.7. The molecule has 3 fully saturated rings. The van der Waals surface area contributed by atoms with Gasteiger partial charge in [0.2, 0.25) is 5.60 Å². The number of carboxylic acids is 1. The van der Waals surface area contributed by atoms with E-state index >= 15 is 0 Å². The fourth-order valence-corrected chi connectivity index (χ4v) is 12.0. The zero-order valence-electron chi connectivity index (χ0n) is 29.4. The Balaban J connectivity index is 1.14. The van der Waals surface area contributed by atoms with E-state index in [1.807, 2.05) is 0 Å². The highest BCUT2D eigenvalue weighted by molar-refractivity contribution is 6.12. The summed E-state index contributed by atoms with van der Waals surface area (Å²) in [5.74, 6) is -1.24. The van der Waals surface area contributed by atoms with Crippen molar-refractivity contribution < 1.29 is 29.6 Å². The third-order valence-electron chi connectivity index (χ3n) is 14.8. The Kier molecular flexibility index (Phi) is 5.98. The van der Waals surface area contributed by atoms with E-state index in [9.17, 15) is 24.9 Å². The molecule has 11 rings (SSSR count). The first-order chi connectivity index (χ1) is 25.1. The van der Waals surface area contributed by atoms with E-state index in [0.29, 0.717) is 12.8 Å². The molecule has 6 aromatic rings. The van der Waals surface area contributed by atoms with Crippen molar-refractivity contribution in [3.63, 3.8) is 0 Å². The molecular weight excluding hydrogens is 652 g/mol. The summed E-state index contributed by atoms with van der Waals surface area (Å²) in [5.41, 5.74) is 7.02. The second-order valence-corrected chi connectivity index (χ2v) is 16.9. The Hall–Kier alpha value is -4.66. The van der Waals surface area contributed by atoms with E-state index < -0.39 is 29.2 Å². The number of aromatic nitrogens is 2. The number of para-hydroxylation sites is 2. The lowest BCUT2D eigenvalue weighted by Crippen LogP contribution is -2.55. The summed E-state index contributed by atoms with van der Waals surface area (Å²) in [6, 6.07) is 26.6. The number of aliphatic carboxylic acids is 1. The molecule has 3 heterocycles. The Morgan fingerprint density at radius 3 is 2.00 bits per heavy atom. The van der Waals surface area contributed by atoms with Gasteiger partial charge in [0.15, 0.2) is 0 Å². The molecule has 1 saturated heterocycles. The number of carbonyl (C=O) groups is 2. The van der Waals surface area contributed by atoms with Crippen molar-refractivity contribution in [2.24, 2.45) is 17.3 Å². The van der Waals surface area contributed by atoms with Gasteiger partial charge < -0.3 is 20.1 Å². The normalized spacial score (nSPS) is 33.5. The van der Waals surface area contributed by atoms with Crippen molar-refractivity contribution in [2.45, 2.75) is 94.4 Å². The van der Waals surface area contributed by atoms with Gasteiger partial charge in [-0.3, -0.25) is 4.79 Å². The first-order valence-electron chi connectivity index (χ1n) is 19.0. The third kappa shape index (κ3) is 3.60. The van der Waals surface area contributed by atoms with Gasteiger partial charge in [0.05, 0.1) is 33.6 Å². The van der Waals surface area contributed by atoms with Crippen LogP contribution in [0.3, 0.4) is 0 Å². The van der Waals surface area contributed by atoms with E-state index in [-0.39, 0.29) is 29.1 Å². The van der Waals surface area contributed by atoms with Gasteiger partial charge in [-0.25, -0.2) is 14.1 Å². The molecule has 2 aromatic heterocycles. The van der Waals surface area contributed by atoms with Crippen LogP contribution >= 0.6 is 0 Å². The monoisotopic (exact) mass is 694 g/mol. The maximum Gasteiger partial charge on any atom is 0.354 e. The van der Waals surface area contributed by atoms with Crippen LogP contribution in [0.4, 0.5) is 0 Å². The van der Waals surface area contributed by atoms with Crippen molar-refractivity contribution in [2.75, 3.05) is 0 Å². The lowest BCUT2D eigenvalue weighted by atomic mass is 9.54. The van der Waals surface area contributed by atoms with Crippen LogP contribution in [0.15, 0.2) is 72.8 Å². The van der Waals surface area contributed by atoms with Gasteiger partial charge in [-0.2, -0.15) is 0 Å². The molecule has 8 unspecified atom stereocenters. The molecule has 8 nitrogen and oxygen atoms in total. The fraction of sp³-hybridized carbons (Fsp3) is 0.409. The van der Waals surface area contributed by atoms with Crippen LogP contribution in [0.1, 0.15) is 80.5 Å². The molecule has 5 aliphatic rings. The van der Waals surface area contributed by atoms with Crippen LogP contribution in [-0.4, -0.2) is 54.4 Å². The lowest BCUT2D eigenvalue weighted by Gasteiger charge is -2.49. The van der Waals surface area contributed by atoms with Gasteiger partial charge in [-0.1, -0.05) is 43.3 Å². The first-order valence-corrected chi connectivity index (χ1v) is 19.0. The average molecular weight is 695 g/mol. The van der Waals surface area contributed by atoms with Crippen molar-refractivity contribution in [3.8, 4) is 0 Å². The number of carbonyl (C=O) groups excluding carboxylic acids is 1. The molecule has 0 radical (unpaired) electrons. The number of ether oxygens (including phenoxy) is 1. The molecule has 4 aliphatic carbocycles. The van der Waals surface area contributed by atoms with Crippen molar-refractivity contribution in [1.29, 1.82) is 0 Å². The minimum absolute atomic E-state index is 0.0570. The zero-order chi connectivity index (χ0) is 35.5. The number of epoxide rings is 1. The molecule has 8 heteroatoms. The number of aliphatic hydroxyl groups is 2. The van der Waals surface area contributed by atoms with Crippen LogP contribution in [0.25, 0.3) is 43.6 Å². The number of aryl methyl sites for hydroxylation is 2. The van der Waals surface area contributed by atoms with Crippen LogP contribution in [0.2, 0.25) is 0 Å². The van der Waals surface area contributed by atoms with E-state index in [0.717, 1.165) is 76.8 Å². The molecule has 1 aliphatic heterocycles. The van der Waals surface area contributed by atoms with Gasteiger partial charge in [0.25, 0.3) is 0 Å². The molecule has 3 N–H and O–H groups in total. The Morgan fingerprint density at radius 2 is 1.35 bits per heavy atom. The van der Waals surface area contributed by atoms with Crippen LogP contribution < -0.4 is 0 Å². The number of rotatable bonds is 2. The van der Waals surface area contributed by atoms with E-state index in [1.54, 1.807) is 6.92 Å². The van der Waals surface area contributed by atoms with Gasteiger partial charge >= 0.3 is 11.9 Å². The van der Waals surface area contributed by atoms with Crippen LogP contribution in [0, 0.1) is 17.3 Å². The van der Waals surface area contributed by atoms with E-state index in [4.69, 9.17) is 4.74 Å². The highest BCUT2D eigenvalue weighted by Gasteiger charge is 2.73. The number of benzene rings is 4. The van der Waals surface area contributed by atoms with Gasteiger partial charge in [-0.05, 0) is 129 Å². The predicted molar refractivity (Wildman–Crippen MR) is 198 cm³/mol. The number of nitrogens with zero attached hydrogens (tertiary/aromatic N) is 2. The standard InChI is InChI=1S/C44H42N2O6/c1-42-18-17-39(48)44(41(51)52-44)37(42)15-12-24-20-36-30(22-32(24)42)27-8-4-6-10-34(27)46(36)45-33-9-5-3-7-26(33)29-21-28-23(19-35(29)45)11-14-31-25(28)13-16-38(47)43(31,2)40(49)50/h3-10,19-22,25,31,37-39,47-48H,11-18H2,1-2H3,(H,49,50). The summed E-state index contributed by atoms with van der Waals surface area (Å²) < 4.78 is 10.4. The molecule has 52 heavy (non-hydrogen) atoms. The second kappa shape index (κ2) is 10.1. The molecule has 1 spiro atoms. The summed E-state index contributed by atoms with van der Waals surface area (Å²) in [5, 5.41) is 36.9. The minimum Gasteiger partial charge on any atom is -0.481 e. The Labute approximate surface area is 300 Å². The zero-order valence-corrected chi connectivity index (χ0v) is 29.4. The first kappa shape index (κ1) is 30.9. The smallest absolute Gasteiger partial charge is 0.354 e. The van der Waals surface area contributed by atoms with Gasteiger partial charge in [0.1, 0.15) is 6.10 Å². The van der Waals surface area contributed by atoms with Crippen molar-refractivity contribution >= 4 is 55.6 Å². The van der Waals surface area contributed by atoms with Gasteiger partial charge in [0, 0.05) is 32.9 Å². The number of hydrogen-bond donors (Lipinski definition) is 3. The quantitative estimate of drug-likeness (QED) is 0.163. The SMILES string of the molecule is CC12CCC(O)C3(OC3=O)C1CCc1cc3c(cc12)c1ccccc1n3-n1c2ccccc2c2cc3c(cc21)CCC1C3CCC(O)C1(C)C(=O)O. The fourth-order valence-electron chi connectivity index (χ4n) is 12.0. The molecule has 264 valence electrons. The van der Waals surface area contributed by atoms with E-state index in [1.165, 1.54) is 27.6 Å². The topological polar surface area (TPSA) is 117 Å². The molecule has 0 amide bonds. The number of aliphatic hydroxyl groups excluding tert-OH is 2. The summed E-state index contributed by atoms with van der Waals surface area (Å²) >= 11 is 0. The summed E-state index contributed by atoms with van der Waals surface area (Å²) in [6.45, 7) is 4.03. The summed E-state index contributed by atoms with van der Waals surface area (Å²) in [6.07, 6.45) is 4.13. The summed E-state index contributed by atoms with van der Waals surface area (Å²) in [4.78, 5) is 25.4. The number of fused-ring (bicyclic) bond motifs is 13. The molecule has 8 atom stereocenters. The molecule has 0 bridgehead atoms. The largest absolute Gasteiger partial charge is 0.481 e. The molecule has 2 saturated carbocycles. The van der Waals surface area contributed by atoms with Crippen LogP contribution in [0.5, 0.6) is 0 Å². The number of carboxylic acid groups (broad SMARTS) is 1. The molecule has 4 aromatic carbocycles. The number of hydrogen-bond acceptors (Lipinski definition) is 5. The average Bonchev–Trinajstić information content (AvgIpc) is 3.57. The summed E-state index contributed by atoms with van der Waals surface area (Å²) in [7, 11) is 0. The van der Waals surface area contributed by atoms with Crippen molar-refractivity contribution in [3.05, 3.63) is 95.1 Å². The maximum atomic E-state index is 12.7. The van der Waals surface area contributed by atoms with E-state index in [2.05, 4.69) is 89.1 Å². The highest BCUT2D eigenvalue weighted by Crippen LogP contribution is 2.61. The Bertz CT molecular complexity index is 2580. The predicted octanol–water partition coefficient (Wildman–Crippen LogP) is 7.38. The second-order valence-electron chi connectivity index (χ2n) is 16.9. The lowest BCUT2D eigenvalue weighted by molar-refractivity contribution is -0.166. The third-order valence-corrected chi connectivity index (χ3v) is 14.8. The van der Waals surface area contributed by atoms with Crippen LogP contribution in [-0.2, 0) is 32.6 Å².